The largest absolute Gasteiger partial charge is 0.455 e. The van der Waals surface area contributed by atoms with E-state index in [1.807, 2.05) is 0 Å². The Labute approximate surface area is 160 Å². The van der Waals surface area contributed by atoms with Crippen LogP contribution in [0.15, 0.2) is 28.9 Å². The average Bonchev–Trinajstić information content (AvgIpc) is 2.96. The zero-order chi connectivity index (χ0) is 21.3. The number of aromatic nitrogens is 2. The summed E-state index contributed by atoms with van der Waals surface area (Å²) in [5, 5.41) is 3.70. The van der Waals surface area contributed by atoms with Crippen LogP contribution >= 0.6 is 0 Å². The quantitative estimate of drug-likeness (QED) is 0.564. The number of anilines is 1. The Balaban J connectivity index is 1.90. The molecule has 1 unspecified atom stereocenters. The first kappa shape index (κ1) is 20.5. The van der Waals surface area contributed by atoms with E-state index in [0.29, 0.717) is 6.07 Å². The van der Waals surface area contributed by atoms with E-state index in [0.717, 1.165) is 6.07 Å². The normalized spacial score (nSPS) is 12.8. The number of nitrogens with one attached hydrogen (secondary N) is 2. The van der Waals surface area contributed by atoms with Gasteiger partial charge >= 0.3 is 12.2 Å². The fraction of sp³-hybridized carbons (Fsp3) is 0.235. The third kappa shape index (κ3) is 4.26. The molecular formula is C17H14F5N5O2. The minimum absolute atomic E-state index is 0.0232. The zero-order valence-corrected chi connectivity index (χ0v) is 14.8. The molecule has 0 bridgehead atoms. The maximum atomic E-state index is 13.9. The maximum Gasteiger partial charge on any atom is 0.416 e. The van der Waals surface area contributed by atoms with Crippen LogP contribution in [0.5, 0.6) is 0 Å². The summed E-state index contributed by atoms with van der Waals surface area (Å²) in [6, 6.07) is -2.50. The van der Waals surface area contributed by atoms with Gasteiger partial charge in [-0.05, 0) is 13.0 Å². The van der Waals surface area contributed by atoms with Gasteiger partial charge in [0.2, 0.25) is 0 Å². The highest BCUT2D eigenvalue weighted by Gasteiger charge is 2.45. The fourth-order valence-corrected chi connectivity index (χ4v) is 2.66. The molecule has 1 aromatic carbocycles. The van der Waals surface area contributed by atoms with Crippen molar-refractivity contribution in [1.82, 2.24) is 15.3 Å². The second-order valence-corrected chi connectivity index (χ2v) is 6.02. The molecule has 7 nitrogen and oxygen atoms in total. The Morgan fingerprint density at radius 3 is 2.48 bits per heavy atom. The number of carbonyl (C=O) groups is 1. The van der Waals surface area contributed by atoms with Gasteiger partial charge in [0.1, 0.15) is 17.4 Å². The highest BCUT2D eigenvalue weighted by molar-refractivity contribution is 5.89. The van der Waals surface area contributed by atoms with Crippen LogP contribution in [-0.2, 0) is 6.54 Å². The van der Waals surface area contributed by atoms with E-state index in [1.165, 1.54) is 19.3 Å². The number of rotatable bonds is 4. The third-order valence-electron chi connectivity index (χ3n) is 4.00. The van der Waals surface area contributed by atoms with Gasteiger partial charge < -0.3 is 20.8 Å². The monoisotopic (exact) mass is 415 g/mol. The van der Waals surface area contributed by atoms with E-state index >= 15 is 0 Å². The number of fused-ring (bicyclic) bond motifs is 1. The number of halogens is 5. The van der Waals surface area contributed by atoms with Crippen molar-refractivity contribution in [1.29, 1.82) is 0 Å². The number of furan rings is 1. The molecule has 29 heavy (non-hydrogen) atoms. The Kier molecular flexibility index (Phi) is 5.38. The van der Waals surface area contributed by atoms with E-state index in [9.17, 15) is 26.7 Å². The Morgan fingerprint density at radius 1 is 1.24 bits per heavy atom. The lowest BCUT2D eigenvalue weighted by Crippen LogP contribution is -2.40. The van der Waals surface area contributed by atoms with Crippen molar-refractivity contribution in [3.8, 4) is 0 Å². The summed E-state index contributed by atoms with van der Waals surface area (Å²) in [4.78, 5) is 19.7. The van der Waals surface area contributed by atoms with Gasteiger partial charge in [-0.25, -0.2) is 23.5 Å². The lowest BCUT2D eigenvalue weighted by Gasteiger charge is -2.20. The van der Waals surface area contributed by atoms with Crippen LogP contribution in [0.4, 0.5) is 32.4 Å². The molecule has 4 N–H and O–H groups in total. The average molecular weight is 415 g/mol. The summed E-state index contributed by atoms with van der Waals surface area (Å²) in [6.07, 6.45) is -2.64. The Bertz CT molecular complexity index is 1050. The topological polar surface area (TPSA) is 106 Å². The van der Waals surface area contributed by atoms with Crippen LogP contribution in [0.3, 0.4) is 0 Å². The number of aryl methyl sites for hydroxylation is 1. The van der Waals surface area contributed by atoms with Crippen LogP contribution in [0, 0.1) is 18.6 Å². The highest BCUT2D eigenvalue weighted by atomic mass is 19.4. The summed E-state index contributed by atoms with van der Waals surface area (Å²) in [5.74, 6) is -2.62. The molecule has 2 amide bonds. The predicted octanol–water partition coefficient (Wildman–Crippen LogP) is 3.69. The van der Waals surface area contributed by atoms with Crippen molar-refractivity contribution in [3.63, 3.8) is 0 Å². The molecule has 2 aromatic heterocycles. The van der Waals surface area contributed by atoms with Crippen molar-refractivity contribution < 1.29 is 31.2 Å². The smallest absolute Gasteiger partial charge is 0.416 e. The van der Waals surface area contributed by atoms with Gasteiger partial charge in [-0.15, -0.1) is 0 Å². The van der Waals surface area contributed by atoms with Crippen LogP contribution in [-0.4, -0.2) is 22.2 Å². The van der Waals surface area contributed by atoms with Crippen molar-refractivity contribution in [2.24, 2.45) is 5.73 Å². The number of alkyl halides is 3. The number of hydrogen-bond donors (Lipinski definition) is 3. The highest BCUT2D eigenvalue weighted by Crippen LogP contribution is 2.39. The minimum Gasteiger partial charge on any atom is -0.455 e. The SMILES string of the molecule is Cc1c(C(NC(=O)Nc2cnc(CN)nc2)C(F)(F)F)oc2c(F)cc(F)cc12. The van der Waals surface area contributed by atoms with Crippen LogP contribution in [0.25, 0.3) is 11.0 Å². The van der Waals surface area contributed by atoms with Crippen LogP contribution in [0.1, 0.15) is 23.2 Å². The molecule has 0 aliphatic rings. The molecule has 0 saturated heterocycles. The molecular weight excluding hydrogens is 401 g/mol. The van der Waals surface area contributed by atoms with Crippen LogP contribution < -0.4 is 16.4 Å². The van der Waals surface area contributed by atoms with Crippen LogP contribution in [0.2, 0.25) is 0 Å². The first-order chi connectivity index (χ1) is 13.6. The Hall–Kier alpha value is -3.28. The lowest BCUT2D eigenvalue weighted by atomic mass is 10.1. The lowest BCUT2D eigenvalue weighted by molar-refractivity contribution is -0.158. The molecule has 0 aliphatic carbocycles. The van der Waals surface area contributed by atoms with Gasteiger partial charge in [-0.1, -0.05) is 0 Å². The molecule has 2 heterocycles. The van der Waals surface area contributed by atoms with E-state index in [4.69, 9.17) is 10.2 Å². The van der Waals surface area contributed by atoms with Gasteiger partial charge in [-0.2, -0.15) is 13.2 Å². The van der Waals surface area contributed by atoms with Crippen molar-refractivity contribution in [2.75, 3.05) is 5.32 Å². The summed E-state index contributed by atoms with van der Waals surface area (Å²) < 4.78 is 73.1. The summed E-state index contributed by atoms with van der Waals surface area (Å²) >= 11 is 0. The number of amides is 2. The first-order valence-corrected chi connectivity index (χ1v) is 8.13. The number of benzene rings is 1. The standard InChI is InChI=1S/C17H14F5N5O2/c1-7-10-2-8(18)3-11(19)14(10)29-13(7)15(17(20,21)22)27-16(28)26-9-5-24-12(4-23)25-6-9/h2-3,5-6,15H,4,23H2,1H3,(H2,26,27,28). The van der Waals surface area contributed by atoms with Gasteiger partial charge in [0.15, 0.2) is 17.4 Å². The first-order valence-electron chi connectivity index (χ1n) is 8.13. The molecule has 0 radical (unpaired) electrons. The van der Waals surface area contributed by atoms with Gasteiger partial charge in [0.05, 0.1) is 24.6 Å². The number of nitrogens with two attached hydrogens (primary N) is 1. The molecule has 3 aromatic rings. The fourth-order valence-electron chi connectivity index (χ4n) is 2.66. The maximum absolute atomic E-state index is 13.9. The molecule has 3 rings (SSSR count). The number of urea groups is 1. The van der Waals surface area contributed by atoms with Gasteiger partial charge in [-0.3, -0.25) is 0 Å². The second-order valence-electron chi connectivity index (χ2n) is 6.02. The summed E-state index contributed by atoms with van der Waals surface area (Å²) in [7, 11) is 0. The molecule has 0 saturated carbocycles. The number of carbonyl (C=O) groups excluding carboxylic acids is 1. The molecule has 12 heteroatoms. The van der Waals surface area contributed by atoms with Gasteiger partial charge in [0.25, 0.3) is 0 Å². The van der Waals surface area contributed by atoms with E-state index in [1.54, 1.807) is 5.32 Å². The minimum atomic E-state index is -4.98. The van der Waals surface area contributed by atoms with E-state index < -0.39 is 41.2 Å². The predicted molar refractivity (Wildman–Crippen MR) is 91.7 cm³/mol. The molecule has 0 fully saturated rings. The third-order valence-corrected chi connectivity index (χ3v) is 4.00. The second kappa shape index (κ2) is 7.62. The van der Waals surface area contributed by atoms with Crippen molar-refractivity contribution in [3.05, 3.63) is 53.3 Å². The summed E-state index contributed by atoms with van der Waals surface area (Å²) in [6.45, 7) is 1.25. The number of hydrogen-bond acceptors (Lipinski definition) is 5. The zero-order valence-electron chi connectivity index (χ0n) is 14.8. The molecule has 154 valence electrons. The number of nitrogens with zero attached hydrogens (tertiary/aromatic N) is 2. The molecule has 0 aliphatic heterocycles. The molecule has 1 atom stereocenters. The van der Waals surface area contributed by atoms with E-state index in [2.05, 4.69) is 15.3 Å². The van der Waals surface area contributed by atoms with Crippen molar-refractivity contribution >= 4 is 22.7 Å². The van der Waals surface area contributed by atoms with E-state index in [-0.39, 0.29) is 29.0 Å². The summed E-state index contributed by atoms with van der Waals surface area (Å²) in [5.41, 5.74) is 4.66. The van der Waals surface area contributed by atoms with Gasteiger partial charge in [0, 0.05) is 17.0 Å². The van der Waals surface area contributed by atoms with Crippen molar-refractivity contribution in [2.45, 2.75) is 25.7 Å². The molecule has 0 spiro atoms. The Morgan fingerprint density at radius 2 is 1.90 bits per heavy atom.